The van der Waals surface area contributed by atoms with Crippen molar-refractivity contribution in [2.75, 3.05) is 5.75 Å². The van der Waals surface area contributed by atoms with Gasteiger partial charge in [0, 0.05) is 46.5 Å². The highest BCUT2D eigenvalue weighted by Crippen LogP contribution is 2.26. The molecule has 0 radical (unpaired) electrons. The predicted molar refractivity (Wildman–Crippen MR) is 113 cm³/mol. The number of nitrogens with zero attached hydrogens (tertiary/aromatic N) is 1. The topological polar surface area (TPSA) is 76.9 Å². The molecule has 7 heteroatoms. The number of hydrogen-bond donors (Lipinski definition) is 1. The average Bonchev–Trinajstić information content (AvgIpc) is 3.16. The summed E-state index contributed by atoms with van der Waals surface area (Å²) in [7, 11) is -4.20. The maximum Gasteiger partial charge on any atom is 0.262 e. The van der Waals surface area contributed by atoms with Crippen molar-refractivity contribution >= 4 is 54.7 Å². The van der Waals surface area contributed by atoms with Gasteiger partial charge in [0.25, 0.3) is 5.01 Å². The molecule has 0 aliphatic heterocycles. The Balaban J connectivity index is 1.72. The molecule has 0 aliphatic rings. The third kappa shape index (κ3) is 3.87. The predicted octanol–water partition coefficient (Wildman–Crippen LogP) is 4.08. The van der Waals surface area contributed by atoms with E-state index in [9.17, 15) is 13.0 Å². The van der Waals surface area contributed by atoms with E-state index in [1.807, 2.05) is 30.3 Å². The highest BCUT2D eigenvalue weighted by Gasteiger charge is 2.18. The molecule has 0 bridgehead atoms. The Morgan fingerprint density at radius 1 is 1.11 bits per heavy atom. The lowest BCUT2D eigenvalue weighted by molar-refractivity contribution is -0.668. The van der Waals surface area contributed by atoms with Crippen LogP contribution < -0.4 is 4.57 Å². The summed E-state index contributed by atoms with van der Waals surface area (Å²) >= 11 is 1.65. The number of fused-ring (bicyclic) bond motifs is 2. The van der Waals surface area contributed by atoms with Crippen LogP contribution in [0.4, 0.5) is 0 Å². The fraction of sp³-hybridized carbons (Fsp3) is 0.190. The summed E-state index contributed by atoms with van der Waals surface area (Å²) < 4.78 is 36.1. The zero-order chi connectivity index (χ0) is 19.7. The quantitative estimate of drug-likeness (QED) is 0.383. The van der Waals surface area contributed by atoms with Gasteiger partial charge in [-0.2, -0.15) is 4.57 Å². The van der Waals surface area contributed by atoms with Gasteiger partial charge in [-0.1, -0.05) is 41.7 Å². The molecule has 0 unspecified atom stereocenters. The molecule has 1 N–H and O–H groups in total. The summed E-state index contributed by atoms with van der Waals surface area (Å²) in [5, 5.41) is 2.19. The van der Waals surface area contributed by atoms with Crippen molar-refractivity contribution in [1.82, 2.24) is 4.98 Å². The Morgan fingerprint density at radius 3 is 2.68 bits per heavy atom. The van der Waals surface area contributed by atoms with E-state index in [-0.39, 0.29) is 5.75 Å². The summed E-state index contributed by atoms with van der Waals surface area (Å²) in [5.74, 6) is -0.352. The first kappa shape index (κ1) is 18.9. The minimum absolute atomic E-state index is 0.296. The Labute approximate surface area is 167 Å². The monoisotopic (exact) mass is 412 g/mol. The fourth-order valence-corrected chi connectivity index (χ4v) is 5.05. The van der Waals surface area contributed by atoms with E-state index in [1.165, 1.54) is 5.39 Å². The maximum absolute atomic E-state index is 11.0. The van der Waals surface area contributed by atoms with Crippen LogP contribution in [-0.2, 0) is 16.7 Å². The number of para-hydroxylation sites is 2. The third-order valence-electron chi connectivity index (χ3n) is 4.75. The van der Waals surface area contributed by atoms with Crippen LogP contribution in [0.5, 0.6) is 0 Å². The summed E-state index contributed by atoms with van der Waals surface area (Å²) in [4.78, 5) is 3.40. The number of hydrogen-bond acceptors (Lipinski definition) is 4. The number of rotatable bonds is 6. The minimum Gasteiger partial charge on any atom is -0.748 e. The van der Waals surface area contributed by atoms with Crippen LogP contribution in [-0.4, -0.2) is 23.7 Å². The summed E-state index contributed by atoms with van der Waals surface area (Å²) in [5.41, 5.74) is 4.39. The second-order valence-corrected chi connectivity index (χ2v) is 9.30. The van der Waals surface area contributed by atoms with Crippen molar-refractivity contribution in [3.05, 3.63) is 64.8 Å². The van der Waals surface area contributed by atoms with Gasteiger partial charge in [-0.15, -0.1) is 0 Å². The molecule has 4 aromatic rings. The summed E-state index contributed by atoms with van der Waals surface area (Å²) in [6.45, 7) is 2.54. The molecule has 5 nitrogen and oxygen atoms in total. The van der Waals surface area contributed by atoms with Crippen molar-refractivity contribution < 1.29 is 17.5 Å². The van der Waals surface area contributed by atoms with Crippen LogP contribution in [0.15, 0.2) is 48.5 Å². The molecule has 144 valence electrons. The van der Waals surface area contributed by atoms with E-state index >= 15 is 0 Å². The van der Waals surface area contributed by atoms with E-state index < -0.39 is 10.1 Å². The molecule has 2 heterocycles. The third-order valence-corrected chi connectivity index (χ3v) is 6.67. The molecule has 2 aromatic heterocycles. The number of aromatic amines is 1. The van der Waals surface area contributed by atoms with E-state index in [1.54, 1.807) is 11.3 Å². The normalized spacial score (nSPS) is 12.5. The molecule has 0 atom stereocenters. The summed E-state index contributed by atoms with van der Waals surface area (Å²) in [6, 6.07) is 16.2. The highest BCUT2D eigenvalue weighted by molar-refractivity contribution is 7.85. The first-order valence-electron chi connectivity index (χ1n) is 9.03. The first-order valence-corrected chi connectivity index (χ1v) is 11.4. The van der Waals surface area contributed by atoms with E-state index in [4.69, 9.17) is 0 Å². The van der Waals surface area contributed by atoms with Gasteiger partial charge in [0.15, 0.2) is 6.54 Å². The lowest BCUT2D eigenvalue weighted by atomic mass is 10.1. The maximum atomic E-state index is 11.0. The molecule has 0 spiro atoms. The van der Waals surface area contributed by atoms with Gasteiger partial charge in [-0.3, -0.25) is 0 Å². The standard InChI is InChI=1S/C21H20N2O3S2/c1-15-16(17-7-2-3-8-18(17)22-15)11-12-21-23(13-6-14-28(24,25)26)19-9-4-5-10-20(19)27-21/h2-5,7-12H,6,13-14H2,1H3,(H,24,25,26). The number of aryl methyl sites for hydroxylation is 2. The molecule has 0 amide bonds. The SMILES string of the molecule is Cc1[nH]c2ccccc2c1/C=C/c1sc2ccccc2[n+]1CCCS(=O)(=O)[O-]. The molecule has 0 fully saturated rings. The van der Waals surface area contributed by atoms with Crippen molar-refractivity contribution in [1.29, 1.82) is 0 Å². The molecule has 0 saturated heterocycles. The molecule has 4 rings (SSSR count). The molecule has 2 aromatic carbocycles. The van der Waals surface area contributed by atoms with Crippen molar-refractivity contribution in [3.63, 3.8) is 0 Å². The lowest BCUT2D eigenvalue weighted by Gasteiger charge is -2.04. The van der Waals surface area contributed by atoms with Crippen LogP contribution in [0.1, 0.15) is 22.7 Å². The lowest BCUT2D eigenvalue weighted by Crippen LogP contribution is -2.35. The van der Waals surface area contributed by atoms with Crippen molar-refractivity contribution in [2.24, 2.45) is 0 Å². The minimum atomic E-state index is -4.20. The van der Waals surface area contributed by atoms with Crippen LogP contribution in [0.3, 0.4) is 0 Å². The van der Waals surface area contributed by atoms with Crippen LogP contribution >= 0.6 is 11.3 Å². The van der Waals surface area contributed by atoms with Gasteiger partial charge in [-0.25, -0.2) is 8.42 Å². The van der Waals surface area contributed by atoms with Crippen molar-refractivity contribution in [2.45, 2.75) is 19.9 Å². The number of nitrogens with one attached hydrogen (secondary N) is 1. The molecule has 0 aliphatic carbocycles. The smallest absolute Gasteiger partial charge is 0.262 e. The zero-order valence-electron chi connectivity index (χ0n) is 15.4. The van der Waals surface area contributed by atoms with Crippen LogP contribution in [0.2, 0.25) is 0 Å². The molecule has 28 heavy (non-hydrogen) atoms. The van der Waals surface area contributed by atoms with Gasteiger partial charge >= 0.3 is 0 Å². The first-order chi connectivity index (χ1) is 13.4. The Morgan fingerprint density at radius 2 is 1.86 bits per heavy atom. The Kier molecular flexibility index (Phi) is 5.05. The van der Waals surface area contributed by atoms with E-state index in [0.717, 1.165) is 32.0 Å². The van der Waals surface area contributed by atoms with Gasteiger partial charge in [0.2, 0.25) is 5.52 Å². The van der Waals surface area contributed by atoms with Crippen LogP contribution in [0, 0.1) is 6.92 Å². The van der Waals surface area contributed by atoms with Gasteiger partial charge in [0.1, 0.15) is 4.70 Å². The number of H-pyrrole nitrogens is 1. The molecular formula is C21H20N2O3S2. The van der Waals surface area contributed by atoms with E-state index in [0.29, 0.717) is 13.0 Å². The van der Waals surface area contributed by atoms with Gasteiger partial charge < -0.3 is 9.54 Å². The fourth-order valence-electron chi connectivity index (χ4n) is 3.47. The molecular weight excluding hydrogens is 392 g/mol. The molecule has 0 saturated carbocycles. The second kappa shape index (κ2) is 7.50. The Bertz CT molecular complexity index is 1280. The average molecular weight is 413 g/mol. The van der Waals surface area contributed by atoms with Gasteiger partial charge in [0.05, 0.1) is 10.1 Å². The van der Waals surface area contributed by atoms with E-state index in [2.05, 4.69) is 46.8 Å². The second-order valence-electron chi connectivity index (χ2n) is 6.72. The number of thiazole rings is 1. The largest absolute Gasteiger partial charge is 0.748 e. The number of aromatic nitrogens is 2. The van der Waals surface area contributed by atoms with Gasteiger partial charge in [-0.05, 0) is 25.1 Å². The number of benzene rings is 2. The highest BCUT2D eigenvalue weighted by atomic mass is 32.2. The summed E-state index contributed by atoms with van der Waals surface area (Å²) in [6.07, 6.45) is 4.46. The Hall–Kier alpha value is -2.48. The van der Waals surface area contributed by atoms with Crippen molar-refractivity contribution in [3.8, 4) is 0 Å². The van der Waals surface area contributed by atoms with Crippen LogP contribution in [0.25, 0.3) is 33.3 Å². The zero-order valence-corrected chi connectivity index (χ0v) is 17.0.